The molecule has 0 amide bonds. The second kappa shape index (κ2) is 7.88. The van der Waals surface area contributed by atoms with Gasteiger partial charge in [0.25, 0.3) is 0 Å². The van der Waals surface area contributed by atoms with Gasteiger partial charge in [0.2, 0.25) is 0 Å². The summed E-state index contributed by atoms with van der Waals surface area (Å²) in [7, 11) is 0. The van der Waals surface area contributed by atoms with Gasteiger partial charge in [-0.3, -0.25) is 4.79 Å². The quantitative estimate of drug-likeness (QED) is 0.429. The fraction of sp³-hybridized carbons (Fsp3) is 0.462. The molecule has 0 aliphatic rings. The molecule has 0 saturated carbocycles. The van der Waals surface area contributed by atoms with Gasteiger partial charge < -0.3 is 4.74 Å². The molecule has 0 spiro atoms. The highest BCUT2D eigenvalue weighted by molar-refractivity contribution is 9.12. The minimum atomic E-state index is -0.359. The Morgan fingerprint density at radius 1 is 1.29 bits per heavy atom. The molecular formula is C13H16Br2O2. The fourth-order valence-electron chi connectivity index (χ4n) is 1.32. The van der Waals surface area contributed by atoms with Gasteiger partial charge >= 0.3 is 5.97 Å². The summed E-state index contributed by atoms with van der Waals surface area (Å²) in [5.74, 6) is -0.218. The first kappa shape index (κ1) is 14.7. The summed E-state index contributed by atoms with van der Waals surface area (Å²) in [4.78, 5) is 11.3. The Balaban J connectivity index is 2.51. The van der Waals surface area contributed by atoms with Crippen LogP contribution in [-0.2, 0) is 9.53 Å². The average molecular weight is 364 g/mol. The zero-order chi connectivity index (χ0) is 12.7. The zero-order valence-corrected chi connectivity index (χ0v) is 12.9. The van der Waals surface area contributed by atoms with Crippen LogP contribution in [0.2, 0.25) is 0 Å². The second-order valence-corrected chi connectivity index (χ2v) is 5.71. The minimum Gasteiger partial charge on any atom is -0.465 e. The summed E-state index contributed by atoms with van der Waals surface area (Å²) in [6.45, 7) is 2.56. The van der Waals surface area contributed by atoms with E-state index in [4.69, 9.17) is 4.74 Å². The number of carbonyl (C=O) groups excluding carboxylic acids is 1. The van der Waals surface area contributed by atoms with Crippen LogP contribution in [0.15, 0.2) is 30.3 Å². The highest BCUT2D eigenvalue weighted by Gasteiger charge is 2.26. The summed E-state index contributed by atoms with van der Waals surface area (Å²) in [5.41, 5.74) is 1.06. The predicted molar refractivity (Wildman–Crippen MR) is 76.7 cm³/mol. The molecule has 2 unspecified atom stereocenters. The third-order valence-corrected chi connectivity index (χ3v) is 5.01. The van der Waals surface area contributed by atoms with Crippen LogP contribution < -0.4 is 0 Å². The van der Waals surface area contributed by atoms with Gasteiger partial charge in [-0.2, -0.15) is 0 Å². The number of ether oxygens (including phenoxy) is 1. The first-order valence-electron chi connectivity index (χ1n) is 5.66. The second-order valence-electron chi connectivity index (χ2n) is 3.74. The van der Waals surface area contributed by atoms with E-state index >= 15 is 0 Å². The molecule has 0 saturated heterocycles. The van der Waals surface area contributed by atoms with Crippen LogP contribution in [0, 0.1) is 0 Å². The largest absolute Gasteiger partial charge is 0.465 e. The van der Waals surface area contributed by atoms with Gasteiger partial charge in [-0.15, -0.1) is 0 Å². The van der Waals surface area contributed by atoms with Crippen molar-refractivity contribution in [3.63, 3.8) is 0 Å². The highest BCUT2D eigenvalue weighted by Crippen LogP contribution is 2.31. The number of rotatable bonds is 6. The normalized spacial score (nSPS) is 14.1. The van der Waals surface area contributed by atoms with E-state index in [0.29, 0.717) is 6.61 Å². The predicted octanol–water partition coefficient (Wildman–Crippen LogP) is 4.23. The van der Waals surface area contributed by atoms with Crippen LogP contribution >= 0.6 is 31.9 Å². The lowest BCUT2D eigenvalue weighted by molar-refractivity contribution is -0.142. The fourth-order valence-corrected chi connectivity index (χ4v) is 2.28. The number of esters is 1. The van der Waals surface area contributed by atoms with E-state index in [0.717, 1.165) is 18.4 Å². The van der Waals surface area contributed by atoms with E-state index in [2.05, 4.69) is 38.8 Å². The summed E-state index contributed by atoms with van der Waals surface area (Å²) >= 11 is 6.89. The third-order valence-electron chi connectivity index (χ3n) is 2.34. The molecular weight excluding hydrogens is 348 g/mol. The maximum atomic E-state index is 11.7. The van der Waals surface area contributed by atoms with Crippen molar-refractivity contribution >= 4 is 37.8 Å². The molecule has 0 radical (unpaired) electrons. The molecule has 17 heavy (non-hydrogen) atoms. The zero-order valence-electron chi connectivity index (χ0n) is 9.74. The first-order valence-corrected chi connectivity index (χ1v) is 7.49. The van der Waals surface area contributed by atoms with Crippen molar-refractivity contribution in [3.8, 4) is 0 Å². The highest BCUT2D eigenvalue weighted by atomic mass is 79.9. The molecule has 0 aromatic heterocycles. The molecule has 2 nitrogen and oxygen atoms in total. The molecule has 0 bridgehead atoms. The molecule has 1 aromatic carbocycles. The maximum Gasteiger partial charge on any atom is 0.321 e. The summed E-state index contributed by atoms with van der Waals surface area (Å²) < 4.78 is 5.17. The lowest BCUT2D eigenvalue weighted by Crippen LogP contribution is -2.22. The molecule has 1 aromatic rings. The van der Waals surface area contributed by atoms with Crippen LogP contribution in [-0.4, -0.2) is 17.4 Å². The number of unbranched alkanes of at least 4 members (excludes halogenated alkanes) is 1. The van der Waals surface area contributed by atoms with Crippen molar-refractivity contribution in [2.24, 2.45) is 0 Å². The summed E-state index contributed by atoms with van der Waals surface area (Å²) in [6, 6.07) is 9.81. The van der Waals surface area contributed by atoms with Crippen LogP contribution in [0.3, 0.4) is 0 Å². The Kier molecular flexibility index (Phi) is 6.82. The van der Waals surface area contributed by atoms with Crippen molar-refractivity contribution in [2.75, 3.05) is 6.61 Å². The van der Waals surface area contributed by atoms with Gasteiger partial charge in [-0.1, -0.05) is 75.5 Å². The average Bonchev–Trinajstić information content (AvgIpc) is 2.38. The Labute approximate surface area is 119 Å². The molecule has 0 fully saturated rings. The molecule has 4 heteroatoms. The third kappa shape index (κ3) is 4.80. The number of alkyl halides is 2. The van der Waals surface area contributed by atoms with Crippen LogP contribution in [0.4, 0.5) is 0 Å². The van der Waals surface area contributed by atoms with Crippen molar-refractivity contribution in [3.05, 3.63) is 35.9 Å². The van der Waals surface area contributed by atoms with E-state index < -0.39 is 0 Å². The van der Waals surface area contributed by atoms with E-state index in [9.17, 15) is 4.79 Å². The van der Waals surface area contributed by atoms with Gasteiger partial charge in [0.15, 0.2) is 0 Å². The van der Waals surface area contributed by atoms with E-state index in [1.807, 2.05) is 30.3 Å². The lowest BCUT2D eigenvalue weighted by Gasteiger charge is -2.16. The van der Waals surface area contributed by atoms with Crippen molar-refractivity contribution in [1.82, 2.24) is 0 Å². The number of hydrogen-bond acceptors (Lipinski definition) is 2. The van der Waals surface area contributed by atoms with Crippen molar-refractivity contribution in [1.29, 1.82) is 0 Å². The van der Waals surface area contributed by atoms with E-state index in [1.54, 1.807) is 0 Å². The van der Waals surface area contributed by atoms with Gasteiger partial charge in [0, 0.05) is 0 Å². The van der Waals surface area contributed by atoms with Crippen molar-refractivity contribution in [2.45, 2.75) is 29.4 Å². The number of halogens is 2. The van der Waals surface area contributed by atoms with E-state index in [-0.39, 0.29) is 15.6 Å². The first-order chi connectivity index (χ1) is 8.16. The Hall–Kier alpha value is -0.350. The summed E-state index contributed by atoms with van der Waals surface area (Å²) in [6.07, 6.45) is 1.93. The number of hydrogen-bond donors (Lipinski definition) is 0. The Morgan fingerprint density at radius 3 is 2.53 bits per heavy atom. The van der Waals surface area contributed by atoms with Crippen LogP contribution in [0.25, 0.3) is 0 Å². The molecule has 0 heterocycles. The Morgan fingerprint density at radius 2 is 1.94 bits per heavy atom. The number of carbonyl (C=O) groups is 1. The maximum absolute atomic E-state index is 11.7. The van der Waals surface area contributed by atoms with Gasteiger partial charge in [0.05, 0.1) is 11.4 Å². The van der Waals surface area contributed by atoms with Crippen molar-refractivity contribution < 1.29 is 9.53 Å². The van der Waals surface area contributed by atoms with E-state index in [1.165, 1.54) is 0 Å². The van der Waals surface area contributed by atoms with Gasteiger partial charge in [0.1, 0.15) is 4.83 Å². The summed E-state index contributed by atoms with van der Waals surface area (Å²) in [5, 5.41) is 0. The van der Waals surface area contributed by atoms with Gasteiger partial charge in [-0.05, 0) is 12.0 Å². The Bertz CT molecular complexity index is 341. The monoisotopic (exact) mass is 362 g/mol. The molecule has 1 rings (SSSR count). The molecule has 0 N–H and O–H groups in total. The minimum absolute atomic E-state index is 0.0715. The van der Waals surface area contributed by atoms with Crippen LogP contribution in [0.5, 0.6) is 0 Å². The molecule has 2 atom stereocenters. The SMILES string of the molecule is CCCCOC(=O)C(Br)C(Br)c1ccccc1. The lowest BCUT2D eigenvalue weighted by atomic mass is 10.1. The molecule has 94 valence electrons. The van der Waals surface area contributed by atoms with Crippen LogP contribution in [0.1, 0.15) is 30.2 Å². The molecule has 0 aliphatic carbocycles. The molecule has 0 aliphatic heterocycles. The number of benzene rings is 1. The topological polar surface area (TPSA) is 26.3 Å². The standard InChI is InChI=1S/C13H16Br2O2/c1-2-3-9-17-13(16)12(15)11(14)10-7-5-4-6-8-10/h4-8,11-12H,2-3,9H2,1H3. The van der Waals surface area contributed by atoms with Gasteiger partial charge in [-0.25, -0.2) is 0 Å². The smallest absolute Gasteiger partial charge is 0.321 e.